The highest BCUT2D eigenvalue weighted by Gasteiger charge is 2.20. The first-order valence-corrected chi connectivity index (χ1v) is 5.40. The fourth-order valence-corrected chi connectivity index (χ4v) is 2.24. The lowest BCUT2D eigenvalue weighted by Gasteiger charge is -2.23. The van der Waals surface area contributed by atoms with E-state index in [0.717, 1.165) is 29.3 Å². The van der Waals surface area contributed by atoms with E-state index in [4.69, 9.17) is 0 Å². The van der Waals surface area contributed by atoms with Gasteiger partial charge in [0.15, 0.2) is 0 Å². The molecule has 0 amide bonds. The Morgan fingerprint density at radius 3 is 2.92 bits per heavy atom. The van der Waals surface area contributed by atoms with Gasteiger partial charge < -0.3 is 5.21 Å². The standard InChI is InChI=1S/C8H11N3OS/c12-11-3-1-2-9-8(11)10-4-6-13-7-5-10/h1-3H,4-7H2. The molecule has 1 aromatic heterocycles. The van der Waals surface area contributed by atoms with E-state index in [2.05, 4.69) is 4.98 Å². The first-order valence-electron chi connectivity index (χ1n) is 4.25. The Labute approximate surface area is 81.2 Å². The van der Waals surface area contributed by atoms with E-state index in [1.807, 2.05) is 16.7 Å². The van der Waals surface area contributed by atoms with Crippen molar-refractivity contribution >= 4 is 17.7 Å². The van der Waals surface area contributed by atoms with E-state index in [1.165, 1.54) is 6.20 Å². The van der Waals surface area contributed by atoms with Crippen molar-refractivity contribution in [3.63, 3.8) is 0 Å². The second kappa shape index (κ2) is 3.83. The zero-order valence-corrected chi connectivity index (χ0v) is 8.04. The van der Waals surface area contributed by atoms with Crippen LogP contribution in [0, 0.1) is 5.21 Å². The molecular weight excluding hydrogens is 186 g/mol. The minimum absolute atomic E-state index is 0.530. The molecular formula is C8H11N3OS. The fourth-order valence-electron chi connectivity index (χ4n) is 1.33. The van der Waals surface area contributed by atoms with Gasteiger partial charge in [0.2, 0.25) is 0 Å². The van der Waals surface area contributed by atoms with Gasteiger partial charge in [-0.1, -0.05) is 4.98 Å². The molecule has 0 bridgehead atoms. The second-order valence-electron chi connectivity index (χ2n) is 2.84. The van der Waals surface area contributed by atoms with E-state index in [9.17, 15) is 5.21 Å². The van der Waals surface area contributed by atoms with Crippen LogP contribution in [0.2, 0.25) is 0 Å². The van der Waals surface area contributed by atoms with E-state index < -0.39 is 0 Å². The van der Waals surface area contributed by atoms with E-state index >= 15 is 0 Å². The van der Waals surface area contributed by atoms with Crippen molar-refractivity contribution in [1.29, 1.82) is 0 Å². The minimum Gasteiger partial charge on any atom is -0.740 e. The van der Waals surface area contributed by atoms with Crippen LogP contribution in [-0.2, 0) is 0 Å². The summed E-state index contributed by atoms with van der Waals surface area (Å²) >= 11 is 1.92. The zero-order chi connectivity index (χ0) is 9.10. The predicted molar refractivity (Wildman–Crippen MR) is 52.7 cm³/mol. The highest BCUT2D eigenvalue weighted by Crippen LogP contribution is 2.12. The summed E-state index contributed by atoms with van der Waals surface area (Å²) in [6.07, 6.45) is 3.15. The largest absolute Gasteiger partial charge is 0.740 e. The molecule has 2 heterocycles. The predicted octanol–water partition coefficient (Wildman–Crippen LogP) is 0.268. The van der Waals surface area contributed by atoms with Crippen LogP contribution in [-0.4, -0.2) is 29.6 Å². The number of rotatable bonds is 1. The third-order valence-corrected chi connectivity index (χ3v) is 2.93. The molecule has 0 spiro atoms. The number of hydrogen-bond donors (Lipinski definition) is 0. The Kier molecular flexibility index (Phi) is 2.54. The van der Waals surface area contributed by atoms with E-state index in [1.54, 1.807) is 12.3 Å². The molecule has 0 N–H and O–H groups in total. The Balaban J connectivity index is 2.18. The fraction of sp³-hybridized carbons (Fsp3) is 0.500. The summed E-state index contributed by atoms with van der Waals surface area (Å²) in [4.78, 5) is 6.10. The van der Waals surface area contributed by atoms with Crippen molar-refractivity contribution in [2.75, 3.05) is 29.5 Å². The maximum atomic E-state index is 11.3. The molecule has 1 fully saturated rings. The smallest absolute Gasteiger partial charge is 0.394 e. The van der Waals surface area contributed by atoms with E-state index in [-0.39, 0.29) is 0 Å². The number of thioether (sulfide) groups is 1. The van der Waals surface area contributed by atoms with Crippen LogP contribution >= 0.6 is 11.8 Å². The first-order chi connectivity index (χ1) is 6.38. The third-order valence-electron chi connectivity index (χ3n) is 1.99. The monoisotopic (exact) mass is 197 g/mol. The van der Waals surface area contributed by atoms with Crippen molar-refractivity contribution in [1.82, 2.24) is 4.98 Å². The van der Waals surface area contributed by atoms with Gasteiger partial charge in [0.05, 0.1) is 19.3 Å². The maximum absolute atomic E-state index is 11.3. The molecule has 4 nitrogen and oxygen atoms in total. The molecule has 0 aromatic carbocycles. The molecule has 1 aliphatic rings. The van der Waals surface area contributed by atoms with Crippen molar-refractivity contribution in [3.8, 4) is 0 Å². The lowest BCUT2D eigenvalue weighted by molar-refractivity contribution is -0.595. The number of aromatic nitrogens is 2. The SMILES string of the molecule is [O-][n+]1cccnc1N1CCSCC1. The highest BCUT2D eigenvalue weighted by molar-refractivity contribution is 7.99. The Hall–Kier alpha value is -0.970. The molecule has 0 atom stereocenters. The summed E-state index contributed by atoms with van der Waals surface area (Å²) < 4.78 is 0.829. The number of hydrogen-bond acceptors (Lipinski definition) is 4. The van der Waals surface area contributed by atoms with Crippen LogP contribution in [0.25, 0.3) is 0 Å². The van der Waals surface area contributed by atoms with Gasteiger partial charge in [0.25, 0.3) is 0 Å². The molecule has 1 saturated heterocycles. The average Bonchev–Trinajstić information content (AvgIpc) is 2.20. The molecule has 1 aliphatic heterocycles. The first kappa shape index (κ1) is 8.62. The molecule has 70 valence electrons. The summed E-state index contributed by atoms with van der Waals surface area (Å²) in [5.74, 6) is 2.69. The highest BCUT2D eigenvalue weighted by atomic mass is 32.2. The normalized spacial score (nSPS) is 17.4. The molecule has 0 aliphatic carbocycles. The van der Waals surface area contributed by atoms with Gasteiger partial charge in [-0.3, -0.25) is 4.90 Å². The Morgan fingerprint density at radius 2 is 2.23 bits per heavy atom. The number of nitrogens with zero attached hydrogens (tertiary/aromatic N) is 3. The molecule has 0 saturated carbocycles. The Bertz CT molecular complexity index is 288. The third kappa shape index (κ3) is 1.85. The minimum atomic E-state index is 0.530. The summed E-state index contributed by atoms with van der Waals surface area (Å²) in [6, 6.07) is 1.65. The van der Waals surface area contributed by atoms with Crippen LogP contribution in [0.5, 0.6) is 0 Å². The van der Waals surface area contributed by atoms with Crippen LogP contribution in [0.3, 0.4) is 0 Å². The topological polar surface area (TPSA) is 43.1 Å². The van der Waals surface area contributed by atoms with Gasteiger partial charge in [-0.25, -0.2) is 4.73 Å². The van der Waals surface area contributed by atoms with Gasteiger partial charge in [-0.15, -0.1) is 0 Å². The van der Waals surface area contributed by atoms with Crippen LogP contribution < -0.4 is 9.63 Å². The van der Waals surface area contributed by atoms with Crippen molar-refractivity contribution in [2.45, 2.75) is 0 Å². The lowest BCUT2D eigenvalue weighted by atomic mass is 10.5. The van der Waals surface area contributed by atoms with Crippen LogP contribution in [0.4, 0.5) is 5.95 Å². The lowest BCUT2D eigenvalue weighted by Crippen LogP contribution is -2.43. The molecule has 2 rings (SSSR count). The van der Waals surface area contributed by atoms with E-state index in [0.29, 0.717) is 5.95 Å². The van der Waals surface area contributed by atoms with Gasteiger partial charge >= 0.3 is 5.95 Å². The molecule has 13 heavy (non-hydrogen) atoms. The van der Waals surface area contributed by atoms with Crippen molar-refractivity contribution in [3.05, 3.63) is 23.7 Å². The maximum Gasteiger partial charge on any atom is 0.394 e. The van der Waals surface area contributed by atoms with Crippen LogP contribution in [0.15, 0.2) is 18.5 Å². The number of anilines is 1. The van der Waals surface area contributed by atoms with Gasteiger partial charge in [0.1, 0.15) is 6.20 Å². The summed E-state index contributed by atoms with van der Waals surface area (Å²) in [6.45, 7) is 1.84. The summed E-state index contributed by atoms with van der Waals surface area (Å²) in [5.41, 5.74) is 0. The van der Waals surface area contributed by atoms with Gasteiger partial charge in [0, 0.05) is 17.6 Å². The van der Waals surface area contributed by atoms with Gasteiger partial charge in [-0.05, 0) is 0 Å². The summed E-state index contributed by atoms with van der Waals surface area (Å²) in [5, 5.41) is 11.3. The molecule has 0 radical (unpaired) electrons. The molecule has 5 heteroatoms. The quantitative estimate of drug-likeness (QED) is 0.479. The van der Waals surface area contributed by atoms with Crippen LogP contribution in [0.1, 0.15) is 0 Å². The van der Waals surface area contributed by atoms with Crippen molar-refractivity contribution < 1.29 is 4.73 Å². The summed E-state index contributed by atoms with van der Waals surface area (Å²) in [7, 11) is 0. The second-order valence-corrected chi connectivity index (χ2v) is 4.07. The van der Waals surface area contributed by atoms with Crippen molar-refractivity contribution in [2.24, 2.45) is 0 Å². The average molecular weight is 197 g/mol. The zero-order valence-electron chi connectivity index (χ0n) is 7.22. The van der Waals surface area contributed by atoms with Gasteiger partial charge in [-0.2, -0.15) is 11.8 Å². The molecule has 0 unspecified atom stereocenters. The molecule has 1 aromatic rings. The Morgan fingerprint density at radius 1 is 1.46 bits per heavy atom.